The molecule has 0 aliphatic rings. The van der Waals surface area contributed by atoms with E-state index in [2.05, 4.69) is 0 Å². The molecule has 0 saturated carbocycles. The summed E-state index contributed by atoms with van der Waals surface area (Å²) in [5, 5.41) is 18.7. The number of nitrogens with two attached hydrogens (primary N) is 1. The second kappa shape index (κ2) is 5.25. The van der Waals surface area contributed by atoms with Gasteiger partial charge in [-0.25, -0.2) is 0 Å². The van der Waals surface area contributed by atoms with Crippen molar-refractivity contribution >= 4 is 17.6 Å². The van der Waals surface area contributed by atoms with Crippen LogP contribution in [0.4, 0.5) is 0 Å². The molecule has 0 saturated heterocycles. The highest BCUT2D eigenvalue weighted by Gasteiger charge is 2.22. The molecule has 1 rings (SSSR count). The molecule has 5 nitrogen and oxygen atoms in total. The maximum atomic E-state index is 10.6. The summed E-state index contributed by atoms with van der Waals surface area (Å²) >= 11 is 5.91. The molecular formula is C11H14ClNO4. The maximum Gasteiger partial charge on any atom is 0.305 e. The van der Waals surface area contributed by atoms with Crippen molar-refractivity contribution in [2.24, 2.45) is 5.73 Å². The van der Waals surface area contributed by atoms with Gasteiger partial charge in [-0.3, -0.25) is 4.79 Å². The van der Waals surface area contributed by atoms with E-state index in [4.69, 9.17) is 27.2 Å². The van der Waals surface area contributed by atoms with E-state index >= 15 is 0 Å². The lowest BCUT2D eigenvalue weighted by molar-refractivity contribution is -0.137. The molecule has 0 heterocycles. The smallest absolute Gasteiger partial charge is 0.305 e. The molecule has 0 spiro atoms. The van der Waals surface area contributed by atoms with Gasteiger partial charge < -0.3 is 20.7 Å². The van der Waals surface area contributed by atoms with E-state index in [1.54, 1.807) is 6.92 Å². The van der Waals surface area contributed by atoms with Crippen LogP contribution in [0.15, 0.2) is 6.07 Å². The molecule has 0 aromatic heterocycles. The number of ether oxygens (including phenoxy) is 1. The van der Waals surface area contributed by atoms with Gasteiger partial charge >= 0.3 is 5.97 Å². The Morgan fingerprint density at radius 2 is 2.24 bits per heavy atom. The van der Waals surface area contributed by atoms with E-state index in [1.165, 1.54) is 13.2 Å². The van der Waals surface area contributed by atoms with E-state index < -0.39 is 12.0 Å². The van der Waals surface area contributed by atoms with Gasteiger partial charge in [-0.2, -0.15) is 0 Å². The average molecular weight is 260 g/mol. The minimum Gasteiger partial charge on any atom is -0.504 e. The number of carboxylic acid groups (broad SMARTS) is 1. The second-order valence-electron chi connectivity index (χ2n) is 3.65. The largest absolute Gasteiger partial charge is 0.504 e. The van der Waals surface area contributed by atoms with Crippen molar-refractivity contribution in [2.45, 2.75) is 19.4 Å². The van der Waals surface area contributed by atoms with Crippen LogP contribution in [0.5, 0.6) is 11.5 Å². The normalized spacial score (nSPS) is 12.2. The van der Waals surface area contributed by atoms with Crippen molar-refractivity contribution in [1.82, 2.24) is 0 Å². The molecule has 0 aliphatic heterocycles. The third-order valence-electron chi connectivity index (χ3n) is 2.47. The highest BCUT2D eigenvalue weighted by atomic mass is 35.5. The lowest BCUT2D eigenvalue weighted by Crippen LogP contribution is -2.17. The third-order valence-corrected chi connectivity index (χ3v) is 2.86. The van der Waals surface area contributed by atoms with Gasteiger partial charge in [0.1, 0.15) is 0 Å². The fourth-order valence-corrected chi connectivity index (χ4v) is 1.89. The van der Waals surface area contributed by atoms with E-state index in [9.17, 15) is 9.90 Å². The van der Waals surface area contributed by atoms with Crippen molar-refractivity contribution in [2.75, 3.05) is 7.11 Å². The lowest BCUT2D eigenvalue weighted by Gasteiger charge is -2.18. The summed E-state index contributed by atoms with van der Waals surface area (Å²) in [6, 6.07) is 0.555. The molecule has 6 heteroatoms. The maximum absolute atomic E-state index is 10.6. The molecule has 17 heavy (non-hydrogen) atoms. The predicted octanol–water partition coefficient (Wildman–Crippen LogP) is 1.84. The zero-order valence-corrected chi connectivity index (χ0v) is 10.3. The average Bonchev–Trinajstić information content (AvgIpc) is 2.21. The summed E-state index contributed by atoms with van der Waals surface area (Å²) in [5.74, 6) is -1.02. The molecule has 1 aromatic rings. The number of carboxylic acids is 1. The zero-order valence-electron chi connectivity index (χ0n) is 9.53. The Labute approximate surface area is 104 Å². The number of aliphatic carboxylic acids is 1. The molecule has 1 atom stereocenters. The summed E-state index contributed by atoms with van der Waals surface area (Å²) in [7, 11) is 1.37. The second-order valence-corrected chi connectivity index (χ2v) is 4.06. The molecule has 1 aromatic carbocycles. The standard InChI is InChI=1S/C11H14ClNO4/c1-5-6(12)3-8(14)11(17-2)10(5)7(13)4-9(15)16/h3,7,14H,4,13H2,1-2H3,(H,15,16). The topological polar surface area (TPSA) is 92.8 Å². The van der Waals surface area contributed by atoms with Crippen LogP contribution in [0.1, 0.15) is 23.6 Å². The molecule has 0 amide bonds. The molecule has 0 radical (unpaired) electrons. The number of methoxy groups -OCH3 is 1. The summed E-state index contributed by atoms with van der Waals surface area (Å²) in [6.07, 6.45) is -0.267. The van der Waals surface area contributed by atoms with E-state index in [1.807, 2.05) is 0 Å². The number of phenolic OH excluding ortho intramolecular Hbond substituents is 1. The predicted molar refractivity (Wildman–Crippen MR) is 63.6 cm³/mol. The number of phenols is 1. The fraction of sp³-hybridized carbons (Fsp3) is 0.364. The summed E-state index contributed by atoms with van der Waals surface area (Å²) < 4.78 is 5.03. The van der Waals surface area contributed by atoms with Crippen LogP contribution < -0.4 is 10.5 Å². The molecular weight excluding hydrogens is 246 g/mol. The Kier molecular flexibility index (Phi) is 4.20. The Hall–Kier alpha value is -1.46. The lowest BCUT2D eigenvalue weighted by atomic mass is 9.97. The third kappa shape index (κ3) is 2.81. The summed E-state index contributed by atoms with van der Waals surface area (Å²) in [6.45, 7) is 1.70. The number of hydrogen-bond donors (Lipinski definition) is 3. The van der Waals surface area contributed by atoms with Crippen LogP contribution in [0.25, 0.3) is 0 Å². The van der Waals surface area contributed by atoms with E-state index in [0.29, 0.717) is 16.1 Å². The first-order valence-electron chi connectivity index (χ1n) is 4.91. The van der Waals surface area contributed by atoms with Gasteiger partial charge in [-0.05, 0) is 12.5 Å². The molecule has 0 bridgehead atoms. The van der Waals surface area contributed by atoms with Crippen molar-refractivity contribution in [3.05, 3.63) is 22.2 Å². The highest BCUT2D eigenvalue weighted by Crippen LogP contribution is 2.40. The van der Waals surface area contributed by atoms with Crippen LogP contribution in [0.3, 0.4) is 0 Å². The van der Waals surface area contributed by atoms with E-state index in [-0.39, 0.29) is 17.9 Å². The quantitative estimate of drug-likeness (QED) is 0.767. The van der Waals surface area contributed by atoms with Gasteiger partial charge in [0, 0.05) is 22.7 Å². The van der Waals surface area contributed by atoms with Crippen LogP contribution >= 0.6 is 11.6 Å². The number of rotatable bonds is 4. The van der Waals surface area contributed by atoms with Crippen LogP contribution in [0, 0.1) is 6.92 Å². The number of hydrogen-bond acceptors (Lipinski definition) is 4. The van der Waals surface area contributed by atoms with Gasteiger partial charge in [0.25, 0.3) is 0 Å². The Balaban J connectivity index is 3.33. The number of halogens is 1. The minimum atomic E-state index is -1.03. The summed E-state index contributed by atoms with van der Waals surface area (Å²) in [5.41, 5.74) is 6.80. The van der Waals surface area contributed by atoms with Crippen LogP contribution in [0.2, 0.25) is 5.02 Å². The van der Waals surface area contributed by atoms with Crippen LogP contribution in [-0.2, 0) is 4.79 Å². The Morgan fingerprint density at radius 1 is 1.65 bits per heavy atom. The first-order valence-corrected chi connectivity index (χ1v) is 5.29. The minimum absolute atomic E-state index is 0.154. The van der Waals surface area contributed by atoms with Crippen molar-refractivity contribution in [1.29, 1.82) is 0 Å². The van der Waals surface area contributed by atoms with E-state index in [0.717, 1.165) is 0 Å². The molecule has 4 N–H and O–H groups in total. The van der Waals surface area contributed by atoms with Crippen molar-refractivity contribution < 1.29 is 19.7 Å². The Morgan fingerprint density at radius 3 is 2.71 bits per heavy atom. The summed E-state index contributed by atoms with van der Waals surface area (Å²) in [4.78, 5) is 10.6. The molecule has 0 aliphatic carbocycles. The number of carbonyl (C=O) groups is 1. The SMILES string of the molecule is COc1c(O)cc(Cl)c(C)c1C(N)CC(=O)O. The fourth-order valence-electron chi connectivity index (χ4n) is 1.68. The molecule has 94 valence electrons. The zero-order chi connectivity index (χ0) is 13.2. The van der Waals surface area contributed by atoms with Crippen molar-refractivity contribution in [3.8, 4) is 11.5 Å². The van der Waals surface area contributed by atoms with Gasteiger partial charge in [-0.15, -0.1) is 0 Å². The monoisotopic (exact) mass is 259 g/mol. The molecule has 0 fully saturated rings. The van der Waals surface area contributed by atoms with Gasteiger partial charge in [0.05, 0.1) is 13.5 Å². The van der Waals surface area contributed by atoms with Crippen molar-refractivity contribution in [3.63, 3.8) is 0 Å². The number of aromatic hydroxyl groups is 1. The first kappa shape index (κ1) is 13.6. The Bertz CT molecular complexity index is 448. The molecule has 1 unspecified atom stereocenters. The van der Waals surface area contributed by atoms with Gasteiger partial charge in [0.2, 0.25) is 0 Å². The first-order chi connectivity index (χ1) is 7.88. The highest BCUT2D eigenvalue weighted by molar-refractivity contribution is 6.31. The van der Waals surface area contributed by atoms with Gasteiger partial charge in [0.15, 0.2) is 11.5 Å². The number of benzene rings is 1. The van der Waals surface area contributed by atoms with Gasteiger partial charge in [-0.1, -0.05) is 11.6 Å². The van der Waals surface area contributed by atoms with Crippen LogP contribution in [-0.4, -0.2) is 23.3 Å².